The van der Waals surface area contributed by atoms with Gasteiger partial charge in [-0.1, -0.05) is 30.9 Å². The maximum Gasteiger partial charge on any atom is 0.108 e. The van der Waals surface area contributed by atoms with Gasteiger partial charge >= 0.3 is 0 Å². The summed E-state index contributed by atoms with van der Waals surface area (Å²) >= 11 is 0. The first-order valence-corrected chi connectivity index (χ1v) is 4.54. The zero-order valence-corrected chi connectivity index (χ0v) is 7.94. The van der Waals surface area contributed by atoms with Crippen LogP contribution >= 0.6 is 0 Å². The Morgan fingerprint density at radius 1 is 1.62 bits per heavy atom. The quantitative estimate of drug-likeness (QED) is 0.671. The third-order valence-corrected chi connectivity index (χ3v) is 2.11. The molecular weight excluding hydrogens is 164 g/mol. The maximum atomic E-state index is 9.55. The van der Waals surface area contributed by atoms with Crippen molar-refractivity contribution in [3.05, 3.63) is 36.5 Å². The Bertz CT molecular complexity index is 228. The van der Waals surface area contributed by atoms with Crippen LogP contribution in [0.15, 0.2) is 36.5 Å². The van der Waals surface area contributed by atoms with Crippen LogP contribution < -0.4 is 0 Å². The molecule has 2 unspecified atom stereocenters. The number of rotatable bonds is 3. The highest BCUT2D eigenvalue weighted by Crippen LogP contribution is 2.21. The smallest absolute Gasteiger partial charge is 0.108 e. The number of hydrogen-bond acceptors (Lipinski definition) is 2. The third kappa shape index (κ3) is 2.54. The molecule has 0 radical (unpaired) electrons. The van der Waals surface area contributed by atoms with Crippen LogP contribution in [0.25, 0.3) is 0 Å². The number of ether oxygens (including phenoxy) is 1. The molecule has 1 N–H and O–H groups in total. The second-order valence-corrected chi connectivity index (χ2v) is 3.04. The second-order valence-electron chi connectivity index (χ2n) is 3.04. The largest absolute Gasteiger partial charge is 0.390 e. The number of allylic oxidation sites excluding steroid dienone is 3. The first-order chi connectivity index (χ1) is 6.29. The van der Waals surface area contributed by atoms with Crippen molar-refractivity contribution in [1.29, 1.82) is 0 Å². The van der Waals surface area contributed by atoms with E-state index in [-0.39, 0.29) is 12.2 Å². The molecule has 2 nitrogen and oxygen atoms in total. The van der Waals surface area contributed by atoms with Gasteiger partial charge in [0.15, 0.2) is 0 Å². The fourth-order valence-electron chi connectivity index (χ4n) is 1.38. The summed E-state index contributed by atoms with van der Waals surface area (Å²) in [6.45, 7) is 6.28. The average molecular weight is 180 g/mol. The lowest BCUT2D eigenvalue weighted by Crippen LogP contribution is -2.22. The molecular formula is C11H16O2. The second kappa shape index (κ2) is 5.00. The Morgan fingerprint density at radius 3 is 2.85 bits per heavy atom. The Balaban J connectivity index is 2.70. The van der Waals surface area contributed by atoms with E-state index in [1.807, 2.05) is 25.2 Å². The minimum atomic E-state index is -0.380. The molecule has 1 heterocycles. The molecule has 1 fully saturated rings. The lowest BCUT2D eigenvalue weighted by atomic mass is 10.0. The van der Waals surface area contributed by atoms with Gasteiger partial charge in [0.2, 0.25) is 0 Å². The minimum Gasteiger partial charge on any atom is -0.390 e. The van der Waals surface area contributed by atoms with Crippen LogP contribution in [0, 0.1) is 0 Å². The van der Waals surface area contributed by atoms with Gasteiger partial charge in [-0.2, -0.15) is 0 Å². The fraction of sp³-hybridized carbons (Fsp3) is 0.455. The normalized spacial score (nSPS) is 29.8. The van der Waals surface area contributed by atoms with Crippen molar-refractivity contribution in [2.24, 2.45) is 0 Å². The molecule has 72 valence electrons. The summed E-state index contributed by atoms with van der Waals surface area (Å²) in [7, 11) is 0. The van der Waals surface area contributed by atoms with Crippen LogP contribution in [0.5, 0.6) is 0 Å². The van der Waals surface area contributed by atoms with Crippen molar-refractivity contribution in [3.63, 3.8) is 0 Å². The summed E-state index contributed by atoms with van der Waals surface area (Å²) in [5.74, 6) is 0. The van der Waals surface area contributed by atoms with Gasteiger partial charge in [0.25, 0.3) is 0 Å². The third-order valence-electron chi connectivity index (χ3n) is 2.11. The Hall–Kier alpha value is -0.860. The predicted molar refractivity (Wildman–Crippen MR) is 53.5 cm³/mol. The Morgan fingerprint density at radius 2 is 2.38 bits per heavy atom. The number of aliphatic hydroxyl groups excluding tert-OH is 1. The first kappa shape index (κ1) is 10.2. The molecule has 13 heavy (non-hydrogen) atoms. The predicted octanol–water partition coefficient (Wildman–Crippen LogP) is 1.82. The van der Waals surface area contributed by atoms with E-state index < -0.39 is 0 Å². The van der Waals surface area contributed by atoms with Crippen LogP contribution in [0.1, 0.15) is 13.3 Å². The van der Waals surface area contributed by atoms with E-state index in [0.717, 1.165) is 5.57 Å². The van der Waals surface area contributed by atoms with Crippen molar-refractivity contribution in [1.82, 2.24) is 0 Å². The van der Waals surface area contributed by atoms with Crippen LogP contribution in [-0.2, 0) is 4.74 Å². The van der Waals surface area contributed by atoms with Gasteiger partial charge in [-0.3, -0.25) is 0 Å². The van der Waals surface area contributed by atoms with E-state index in [2.05, 4.69) is 6.58 Å². The fourth-order valence-corrected chi connectivity index (χ4v) is 1.38. The van der Waals surface area contributed by atoms with Gasteiger partial charge in [-0.25, -0.2) is 0 Å². The van der Waals surface area contributed by atoms with Crippen molar-refractivity contribution >= 4 is 0 Å². The van der Waals surface area contributed by atoms with Gasteiger partial charge in [0.05, 0.1) is 12.7 Å². The number of aliphatic hydroxyl groups is 1. The van der Waals surface area contributed by atoms with E-state index in [0.29, 0.717) is 13.0 Å². The molecule has 1 saturated heterocycles. The first-order valence-electron chi connectivity index (χ1n) is 4.54. The van der Waals surface area contributed by atoms with Crippen molar-refractivity contribution in [2.45, 2.75) is 25.6 Å². The Labute approximate surface area is 79.2 Å². The Kier molecular flexibility index (Phi) is 3.93. The van der Waals surface area contributed by atoms with E-state index in [9.17, 15) is 5.11 Å². The summed E-state index contributed by atoms with van der Waals surface area (Å²) in [6.07, 6.45) is 7.66. The SMILES string of the molecule is C=C/C(=C\C=C/C)C1OCCC1O. The lowest BCUT2D eigenvalue weighted by Gasteiger charge is -2.14. The van der Waals surface area contributed by atoms with Gasteiger partial charge in [-0.15, -0.1) is 0 Å². The molecule has 0 aromatic heterocycles. The zero-order valence-electron chi connectivity index (χ0n) is 7.94. The molecule has 2 heteroatoms. The van der Waals surface area contributed by atoms with Crippen LogP contribution in [0.2, 0.25) is 0 Å². The van der Waals surface area contributed by atoms with Crippen molar-refractivity contribution in [2.75, 3.05) is 6.61 Å². The van der Waals surface area contributed by atoms with Gasteiger partial charge < -0.3 is 9.84 Å². The van der Waals surface area contributed by atoms with Gasteiger partial charge in [0, 0.05) is 0 Å². The van der Waals surface area contributed by atoms with Crippen LogP contribution in [0.3, 0.4) is 0 Å². The monoisotopic (exact) mass is 180 g/mol. The van der Waals surface area contributed by atoms with Gasteiger partial charge in [-0.05, 0) is 18.9 Å². The average Bonchev–Trinajstić information content (AvgIpc) is 2.54. The molecule has 2 atom stereocenters. The van der Waals surface area contributed by atoms with E-state index in [1.165, 1.54) is 0 Å². The molecule has 0 aromatic rings. The van der Waals surface area contributed by atoms with E-state index >= 15 is 0 Å². The topological polar surface area (TPSA) is 29.5 Å². The summed E-state index contributed by atoms with van der Waals surface area (Å²) in [5.41, 5.74) is 0.947. The van der Waals surface area contributed by atoms with Crippen molar-refractivity contribution < 1.29 is 9.84 Å². The summed E-state index contributed by atoms with van der Waals surface area (Å²) in [6, 6.07) is 0. The summed E-state index contributed by atoms with van der Waals surface area (Å²) in [4.78, 5) is 0. The molecule has 1 aliphatic heterocycles. The number of hydrogen-bond donors (Lipinski definition) is 1. The van der Waals surface area contributed by atoms with Crippen LogP contribution in [-0.4, -0.2) is 23.9 Å². The summed E-state index contributed by atoms with van der Waals surface area (Å²) < 4.78 is 5.39. The van der Waals surface area contributed by atoms with E-state index in [1.54, 1.807) is 6.08 Å². The zero-order chi connectivity index (χ0) is 9.68. The lowest BCUT2D eigenvalue weighted by molar-refractivity contribution is 0.0694. The highest BCUT2D eigenvalue weighted by molar-refractivity contribution is 5.27. The minimum absolute atomic E-state index is 0.186. The highest BCUT2D eigenvalue weighted by Gasteiger charge is 2.27. The molecule has 0 saturated carbocycles. The molecule has 0 spiro atoms. The molecule has 0 amide bonds. The summed E-state index contributed by atoms with van der Waals surface area (Å²) in [5, 5.41) is 9.55. The molecule has 0 bridgehead atoms. The van der Waals surface area contributed by atoms with Crippen LogP contribution in [0.4, 0.5) is 0 Å². The molecule has 0 aromatic carbocycles. The molecule has 1 rings (SSSR count). The van der Waals surface area contributed by atoms with Crippen molar-refractivity contribution in [3.8, 4) is 0 Å². The molecule has 0 aliphatic carbocycles. The maximum absolute atomic E-state index is 9.55. The van der Waals surface area contributed by atoms with Gasteiger partial charge in [0.1, 0.15) is 6.10 Å². The standard InChI is InChI=1S/C11H16O2/c1-3-5-6-9(4-2)11-10(12)7-8-13-11/h3-6,10-12H,2,7-8H2,1H3/b5-3-,9-6+. The van der Waals surface area contributed by atoms with E-state index in [4.69, 9.17) is 4.74 Å². The highest BCUT2D eigenvalue weighted by atomic mass is 16.5. The molecule has 1 aliphatic rings.